The molecule has 82 valence electrons. The van der Waals surface area contributed by atoms with Crippen LogP contribution in [0.5, 0.6) is 5.75 Å². The second-order valence-electron chi connectivity index (χ2n) is 3.44. The van der Waals surface area contributed by atoms with Gasteiger partial charge in [0.25, 0.3) is 5.91 Å². The number of hydrogen-bond donors (Lipinski definition) is 2. The fraction of sp³-hybridized carbons (Fsp3) is 0.0909. The van der Waals surface area contributed by atoms with E-state index in [-0.39, 0.29) is 22.9 Å². The highest BCUT2D eigenvalue weighted by molar-refractivity contribution is 6.02. The predicted octanol–water partition coefficient (Wildman–Crippen LogP) is 1.44. The fourth-order valence-corrected chi connectivity index (χ4v) is 1.48. The van der Waals surface area contributed by atoms with Crippen LogP contribution in [0.3, 0.4) is 0 Å². The summed E-state index contributed by atoms with van der Waals surface area (Å²) >= 11 is 0. The molecule has 3 N–H and O–H groups in total. The zero-order valence-corrected chi connectivity index (χ0v) is 8.48. The van der Waals surface area contributed by atoms with Crippen LogP contribution in [0.2, 0.25) is 0 Å². The summed E-state index contributed by atoms with van der Waals surface area (Å²) in [5, 5.41) is 10.1. The van der Waals surface area contributed by atoms with Crippen molar-refractivity contribution in [3.05, 3.63) is 29.5 Å². The highest BCUT2D eigenvalue weighted by Gasteiger charge is 2.13. The Morgan fingerprint density at radius 2 is 2.00 bits per heavy atom. The zero-order valence-electron chi connectivity index (χ0n) is 8.48. The number of Topliss-reactive ketones (excluding diaryl/α,β-unsaturated/α-hetero) is 1. The summed E-state index contributed by atoms with van der Waals surface area (Å²) in [5.41, 5.74) is 5.55. The molecule has 5 nitrogen and oxygen atoms in total. The zero-order chi connectivity index (χ0) is 11.9. The molecule has 0 unspecified atom stereocenters. The number of amides is 1. The van der Waals surface area contributed by atoms with E-state index in [4.69, 9.17) is 10.2 Å². The third-order valence-electron chi connectivity index (χ3n) is 2.26. The van der Waals surface area contributed by atoms with Crippen molar-refractivity contribution in [2.75, 3.05) is 0 Å². The van der Waals surface area contributed by atoms with Gasteiger partial charge in [-0.3, -0.25) is 9.59 Å². The molecular formula is C11H9NO4. The van der Waals surface area contributed by atoms with Crippen molar-refractivity contribution in [3.8, 4) is 5.75 Å². The number of fused-ring (bicyclic) bond motifs is 1. The topological polar surface area (TPSA) is 93.5 Å². The summed E-state index contributed by atoms with van der Waals surface area (Å²) < 4.78 is 5.10. The standard InChI is InChI=1S/C11H9NO4/c1-5(13)7-2-6-3-10(11(12)15)16-9(6)4-8(7)14/h2-4,14H,1H3,(H2,12,15). The second kappa shape index (κ2) is 3.37. The molecule has 2 aromatic rings. The maximum Gasteiger partial charge on any atom is 0.284 e. The second-order valence-corrected chi connectivity index (χ2v) is 3.44. The van der Waals surface area contributed by atoms with E-state index in [2.05, 4.69) is 0 Å². The van der Waals surface area contributed by atoms with Crippen LogP contribution >= 0.6 is 0 Å². The van der Waals surface area contributed by atoms with Gasteiger partial charge in [-0.05, 0) is 19.1 Å². The molecule has 0 saturated carbocycles. The van der Waals surface area contributed by atoms with Crippen LogP contribution in [0, 0.1) is 0 Å². The highest BCUT2D eigenvalue weighted by atomic mass is 16.3. The Labute approximate surface area is 90.5 Å². The van der Waals surface area contributed by atoms with Crippen LogP contribution < -0.4 is 5.73 Å². The quantitative estimate of drug-likeness (QED) is 0.747. The molecule has 16 heavy (non-hydrogen) atoms. The summed E-state index contributed by atoms with van der Waals surface area (Å²) in [6.07, 6.45) is 0. The predicted molar refractivity (Wildman–Crippen MR) is 56.4 cm³/mol. The van der Waals surface area contributed by atoms with Gasteiger partial charge < -0.3 is 15.3 Å². The third-order valence-corrected chi connectivity index (χ3v) is 2.26. The Bertz CT molecular complexity index is 597. The molecule has 2 rings (SSSR count). The number of furan rings is 1. The van der Waals surface area contributed by atoms with Gasteiger partial charge >= 0.3 is 0 Å². The fourth-order valence-electron chi connectivity index (χ4n) is 1.48. The minimum Gasteiger partial charge on any atom is -0.507 e. The molecule has 1 amide bonds. The minimum atomic E-state index is -0.694. The first-order valence-corrected chi connectivity index (χ1v) is 4.56. The van der Waals surface area contributed by atoms with E-state index >= 15 is 0 Å². The summed E-state index contributed by atoms with van der Waals surface area (Å²) in [7, 11) is 0. The van der Waals surface area contributed by atoms with Gasteiger partial charge in [0.1, 0.15) is 11.3 Å². The first-order chi connectivity index (χ1) is 7.49. The van der Waals surface area contributed by atoms with Crippen molar-refractivity contribution in [1.82, 2.24) is 0 Å². The monoisotopic (exact) mass is 219 g/mol. The van der Waals surface area contributed by atoms with Crippen molar-refractivity contribution in [3.63, 3.8) is 0 Å². The van der Waals surface area contributed by atoms with Crippen molar-refractivity contribution in [2.24, 2.45) is 5.73 Å². The van der Waals surface area contributed by atoms with Crippen molar-refractivity contribution < 1.29 is 19.1 Å². The molecule has 0 atom stereocenters. The van der Waals surface area contributed by atoms with E-state index in [9.17, 15) is 14.7 Å². The number of phenols is 1. The summed E-state index contributed by atoms with van der Waals surface area (Å²) in [5.74, 6) is -1.14. The van der Waals surface area contributed by atoms with Crippen LogP contribution in [0.25, 0.3) is 11.0 Å². The lowest BCUT2D eigenvalue weighted by atomic mass is 10.1. The first-order valence-electron chi connectivity index (χ1n) is 4.56. The smallest absolute Gasteiger partial charge is 0.284 e. The number of hydrogen-bond acceptors (Lipinski definition) is 4. The lowest BCUT2D eigenvalue weighted by Gasteiger charge is -1.99. The Balaban J connectivity index is 2.70. The van der Waals surface area contributed by atoms with Crippen LogP contribution in [0.4, 0.5) is 0 Å². The number of aromatic hydroxyl groups is 1. The molecule has 5 heteroatoms. The maximum atomic E-state index is 11.2. The van der Waals surface area contributed by atoms with Gasteiger partial charge in [0.05, 0.1) is 5.56 Å². The van der Waals surface area contributed by atoms with Gasteiger partial charge in [-0.15, -0.1) is 0 Å². The Morgan fingerprint density at radius 3 is 2.56 bits per heavy atom. The lowest BCUT2D eigenvalue weighted by Crippen LogP contribution is -2.08. The molecule has 0 radical (unpaired) electrons. The normalized spacial score (nSPS) is 10.6. The number of primary amides is 1. The Morgan fingerprint density at radius 1 is 1.31 bits per heavy atom. The molecular weight excluding hydrogens is 210 g/mol. The summed E-state index contributed by atoms with van der Waals surface area (Å²) in [6, 6.07) is 4.19. The van der Waals surface area contributed by atoms with E-state index < -0.39 is 5.91 Å². The molecule has 0 fully saturated rings. The van der Waals surface area contributed by atoms with E-state index in [1.807, 2.05) is 0 Å². The van der Waals surface area contributed by atoms with E-state index in [1.165, 1.54) is 25.1 Å². The van der Waals surface area contributed by atoms with Gasteiger partial charge in [0, 0.05) is 11.5 Å². The molecule has 1 aromatic heterocycles. The Kier molecular flexibility index (Phi) is 2.16. The Hall–Kier alpha value is -2.30. The number of ketones is 1. The van der Waals surface area contributed by atoms with Gasteiger partial charge in [-0.25, -0.2) is 0 Å². The van der Waals surface area contributed by atoms with Crippen LogP contribution in [0.1, 0.15) is 27.8 Å². The molecule has 0 bridgehead atoms. The minimum absolute atomic E-state index is 0.00454. The molecule has 0 saturated heterocycles. The van der Waals surface area contributed by atoms with Crippen molar-refractivity contribution in [2.45, 2.75) is 6.92 Å². The maximum absolute atomic E-state index is 11.2. The van der Waals surface area contributed by atoms with Gasteiger partial charge in [0.2, 0.25) is 0 Å². The van der Waals surface area contributed by atoms with E-state index in [0.717, 1.165) is 0 Å². The molecule has 0 spiro atoms. The molecule has 0 aliphatic heterocycles. The van der Waals surface area contributed by atoms with Crippen molar-refractivity contribution in [1.29, 1.82) is 0 Å². The number of rotatable bonds is 2. The highest BCUT2D eigenvalue weighted by Crippen LogP contribution is 2.27. The number of nitrogens with two attached hydrogens (primary N) is 1. The van der Waals surface area contributed by atoms with Gasteiger partial charge in [0.15, 0.2) is 11.5 Å². The van der Waals surface area contributed by atoms with Crippen LogP contribution in [-0.2, 0) is 0 Å². The molecule has 0 aliphatic carbocycles. The number of phenolic OH excluding ortho intramolecular Hbond substituents is 1. The summed E-state index contributed by atoms with van der Waals surface area (Å²) in [6.45, 7) is 1.34. The number of benzene rings is 1. The molecule has 1 aromatic carbocycles. The van der Waals surface area contributed by atoms with E-state index in [1.54, 1.807) is 0 Å². The average molecular weight is 219 g/mol. The largest absolute Gasteiger partial charge is 0.507 e. The number of carbonyl (C=O) groups is 2. The number of carbonyl (C=O) groups excluding carboxylic acids is 2. The summed E-state index contributed by atoms with van der Waals surface area (Å²) in [4.78, 5) is 22.0. The van der Waals surface area contributed by atoms with Crippen LogP contribution in [0.15, 0.2) is 22.6 Å². The third kappa shape index (κ3) is 1.52. The first kappa shape index (κ1) is 10.2. The SMILES string of the molecule is CC(=O)c1cc2cc(C(N)=O)oc2cc1O. The average Bonchev–Trinajstić information content (AvgIpc) is 2.58. The lowest BCUT2D eigenvalue weighted by molar-refractivity contribution is 0.0974. The van der Waals surface area contributed by atoms with Gasteiger partial charge in [-0.2, -0.15) is 0 Å². The van der Waals surface area contributed by atoms with Gasteiger partial charge in [-0.1, -0.05) is 0 Å². The van der Waals surface area contributed by atoms with Crippen LogP contribution in [-0.4, -0.2) is 16.8 Å². The molecule has 0 aliphatic rings. The van der Waals surface area contributed by atoms with Crippen molar-refractivity contribution >= 4 is 22.7 Å². The molecule has 1 heterocycles. The van der Waals surface area contributed by atoms with E-state index in [0.29, 0.717) is 11.0 Å².